The van der Waals surface area contributed by atoms with Crippen molar-refractivity contribution in [2.75, 3.05) is 19.6 Å². The van der Waals surface area contributed by atoms with E-state index in [4.69, 9.17) is 23.8 Å². The van der Waals surface area contributed by atoms with Crippen molar-refractivity contribution >= 4 is 58.6 Å². The van der Waals surface area contributed by atoms with Gasteiger partial charge in [0, 0.05) is 43.9 Å². The Hall–Kier alpha value is -2.03. The Balaban J connectivity index is 4.61. The summed E-state index contributed by atoms with van der Waals surface area (Å²) < 4.78 is 0.583. The van der Waals surface area contributed by atoms with Crippen molar-refractivity contribution in [2.24, 2.45) is 5.41 Å². The predicted molar refractivity (Wildman–Crippen MR) is 168 cm³/mol. The van der Waals surface area contributed by atoms with Crippen LogP contribution in [0.1, 0.15) is 130 Å². The molecule has 0 bridgehead atoms. The van der Waals surface area contributed by atoms with Gasteiger partial charge in [-0.1, -0.05) is 52.9 Å². The minimum atomic E-state index is -0.337. The van der Waals surface area contributed by atoms with Gasteiger partial charge >= 0.3 is 0 Å². The summed E-state index contributed by atoms with van der Waals surface area (Å²) in [5, 5.41) is 0. The SMILES string of the molecule is [B]CC(=O)CCCCCC(=O)CN(CC(=O)CCCCCCC(=O)N([B])[B])CC(=O)CCCCCCC(=O)C(C)(C)C. The van der Waals surface area contributed by atoms with E-state index in [2.05, 4.69) is 0 Å². The fourth-order valence-electron chi connectivity index (χ4n) is 4.49. The molecule has 6 radical (unpaired) electrons. The molecule has 0 aliphatic heterocycles. The van der Waals surface area contributed by atoms with Gasteiger partial charge in [-0.2, -0.15) is 0 Å². The predicted octanol–water partition coefficient (Wildman–Crippen LogP) is 4.39. The van der Waals surface area contributed by atoms with Crippen LogP contribution in [-0.4, -0.2) is 87.9 Å². The van der Waals surface area contributed by atoms with E-state index in [0.717, 1.165) is 38.5 Å². The van der Waals surface area contributed by atoms with Gasteiger partial charge in [0.25, 0.3) is 0 Å². The second-order valence-corrected chi connectivity index (χ2v) is 12.4. The number of carbonyl (C=O) groups excluding carboxylic acids is 6. The van der Waals surface area contributed by atoms with E-state index in [-0.39, 0.29) is 72.6 Å². The van der Waals surface area contributed by atoms with Crippen molar-refractivity contribution in [3.05, 3.63) is 0 Å². The third-order valence-electron chi connectivity index (χ3n) is 7.17. The van der Waals surface area contributed by atoms with E-state index in [0.29, 0.717) is 68.9 Å². The van der Waals surface area contributed by atoms with E-state index in [1.165, 1.54) is 0 Å². The topological polar surface area (TPSA) is 109 Å². The lowest BCUT2D eigenvalue weighted by molar-refractivity contribution is -0.127. The molecule has 0 saturated carbocycles. The van der Waals surface area contributed by atoms with Crippen LogP contribution in [0.2, 0.25) is 6.32 Å². The lowest BCUT2D eigenvalue weighted by Gasteiger charge is -2.20. The maximum Gasteiger partial charge on any atom is 0.211 e. The average Bonchev–Trinajstić information content (AvgIpc) is 2.90. The van der Waals surface area contributed by atoms with Crippen LogP contribution >= 0.6 is 0 Å². The van der Waals surface area contributed by atoms with Crippen molar-refractivity contribution < 1.29 is 28.8 Å². The maximum absolute atomic E-state index is 12.7. The molecular weight excluding hydrogens is 529 g/mol. The zero-order chi connectivity index (χ0) is 32.0. The smallest absolute Gasteiger partial charge is 0.211 e. The molecule has 1 amide bonds. The fourth-order valence-corrected chi connectivity index (χ4v) is 4.49. The Morgan fingerprint density at radius 2 is 0.833 bits per heavy atom. The fraction of sp³-hybridized carbons (Fsp3) is 0.806. The standard InChI is InChI=1S/C31H51B3N2O6/c1-31(2,3)29(41)19-13-6-4-9-16-26(38)22-35(24-28(40)18-12-8-11-15-25(37)21-32)23-27(39)17-10-5-7-14-20-30(42)36(33)34/h4-24H2,1-3H3. The number of hydrogen-bond acceptors (Lipinski definition) is 7. The molecule has 0 fully saturated rings. The number of amides is 1. The molecule has 42 heavy (non-hydrogen) atoms. The van der Waals surface area contributed by atoms with Crippen LogP contribution in [0.4, 0.5) is 0 Å². The molecule has 0 aromatic carbocycles. The van der Waals surface area contributed by atoms with Crippen LogP contribution in [0.3, 0.4) is 0 Å². The Bertz CT molecular complexity index is 858. The van der Waals surface area contributed by atoms with Crippen LogP contribution in [0, 0.1) is 5.41 Å². The number of hydrogen-bond donors (Lipinski definition) is 0. The van der Waals surface area contributed by atoms with E-state index < -0.39 is 0 Å². The lowest BCUT2D eigenvalue weighted by Crippen LogP contribution is -2.38. The second kappa shape index (κ2) is 23.4. The van der Waals surface area contributed by atoms with Gasteiger partial charge < -0.3 is 9.52 Å². The van der Waals surface area contributed by atoms with Crippen LogP contribution in [0.25, 0.3) is 0 Å². The molecule has 0 aliphatic rings. The van der Waals surface area contributed by atoms with Crippen LogP contribution in [0.5, 0.6) is 0 Å². The Morgan fingerprint density at radius 1 is 0.500 bits per heavy atom. The molecule has 230 valence electrons. The van der Waals surface area contributed by atoms with Gasteiger partial charge in [-0.25, -0.2) is 0 Å². The van der Waals surface area contributed by atoms with Crippen LogP contribution < -0.4 is 0 Å². The number of carbonyl (C=O) groups is 6. The number of unbranched alkanes of at least 4 members (excludes halogenated alkanes) is 8. The molecule has 0 aliphatic carbocycles. The molecule has 11 heteroatoms. The summed E-state index contributed by atoms with van der Waals surface area (Å²) in [4.78, 5) is 74.5. The van der Waals surface area contributed by atoms with Crippen LogP contribution in [0.15, 0.2) is 0 Å². The summed E-state index contributed by atoms with van der Waals surface area (Å²) in [5.74, 6) is -0.129. The minimum absolute atomic E-state index is 0.000170. The minimum Gasteiger partial charge on any atom is -0.449 e. The highest BCUT2D eigenvalue weighted by atomic mass is 16.2. The highest BCUT2D eigenvalue weighted by Crippen LogP contribution is 2.19. The highest BCUT2D eigenvalue weighted by molar-refractivity contribution is 6.34. The summed E-state index contributed by atoms with van der Waals surface area (Å²) in [5.41, 5.74) is -0.324. The Kier molecular flexibility index (Phi) is 22.3. The molecule has 0 aromatic heterocycles. The molecule has 0 aromatic rings. The van der Waals surface area contributed by atoms with Crippen molar-refractivity contribution in [1.29, 1.82) is 0 Å². The van der Waals surface area contributed by atoms with Gasteiger partial charge in [-0.05, 0) is 44.8 Å². The van der Waals surface area contributed by atoms with Gasteiger partial charge in [0.2, 0.25) is 16.0 Å². The summed E-state index contributed by atoms with van der Waals surface area (Å²) >= 11 is 0. The summed E-state index contributed by atoms with van der Waals surface area (Å²) in [6.45, 7) is 5.91. The first-order valence-corrected chi connectivity index (χ1v) is 15.6. The number of rotatable bonds is 27. The van der Waals surface area contributed by atoms with Crippen molar-refractivity contribution in [3.63, 3.8) is 0 Å². The maximum atomic E-state index is 12.7. The Labute approximate surface area is 258 Å². The highest BCUT2D eigenvalue weighted by Gasteiger charge is 2.20. The largest absolute Gasteiger partial charge is 0.449 e. The van der Waals surface area contributed by atoms with E-state index >= 15 is 0 Å². The third kappa shape index (κ3) is 22.6. The molecule has 0 N–H and O–H groups in total. The quantitative estimate of drug-likeness (QED) is 0.105. The van der Waals surface area contributed by atoms with Crippen molar-refractivity contribution in [2.45, 2.75) is 136 Å². The third-order valence-corrected chi connectivity index (χ3v) is 7.17. The van der Waals surface area contributed by atoms with Gasteiger partial charge in [0.1, 0.15) is 28.9 Å². The number of nitrogens with zero attached hydrogens (tertiary/aromatic N) is 2. The number of Topliss-reactive ketones (excluding diaryl/α,β-unsaturated/α-hetero) is 5. The molecular formula is C31H51B3N2O6. The first kappa shape index (κ1) is 40.0. The Morgan fingerprint density at radius 3 is 1.19 bits per heavy atom. The monoisotopic (exact) mass is 580 g/mol. The number of ketones is 5. The van der Waals surface area contributed by atoms with Crippen LogP contribution in [-0.2, 0) is 28.8 Å². The van der Waals surface area contributed by atoms with Gasteiger partial charge in [0.15, 0.2) is 5.91 Å². The van der Waals surface area contributed by atoms with E-state index in [9.17, 15) is 28.8 Å². The van der Waals surface area contributed by atoms with Gasteiger partial charge in [-0.15, -0.1) is 0 Å². The molecule has 0 spiro atoms. The zero-order valence-corrected chi connectivity index (χ0v) is 26.4. The summed E-state index contributed by atoms with van der Waals surface area (Å²) in [6, 6.07) is 0. The lowest BCUT2D eigenvalue weighted by atomic mass is 9.88. The van der Waals surface area contributed by atoms with Gasteiger partial charge in [-0.3, -0.25) is 28.9 Å². The molecule has 0 heterocycles. The first-order valence-electron chi connectivity index (χ1n) is 15.6. The normalized spacial score (nSPS) is 11.4. The summed E-state index contributed by atoms with van der Waals surface area (Å²) in [7, 11) is 15.7. The van der Waals surface area contributed by atoms with Crippen molar-refractivity contribution in [1.82, 2.24) is 9.62 Å². The average molecular weight is 580 g/mol. The molecule has 0 saturated heterocycles. The molecule has 0 unspecified atom stereocenters. The zero-order valence-electron chi connectivity index (χ0n) is 26.4. The van der Waals surface area contributed by atoms with Gasteiger partial charge in [0.05, 0.1) is 27.5 Å². The molecule has 0 atom stereocenters. The van der Waals surface area contributed by atoms with E-state index in [1.807, 2.05) is 20.8 Å². The van der Waals surface area contributed by atoms with E-state index in [1.54, 1.807) is 4.90 Å². The molecule has 0 rings (SSSR count). The second-order valence-electron chi connectivity index (χ2n) is 12.4. The summed E-state index contributed by atoms with van der Waals surface area (Å²) in [6.07, 6.45) is 10.5. The first-order chi connectivity index (χ1) is 19.8. The van der Waals surface area contributed by atoms with Crippen molar-refractivity contribution in [3.8, 4) is 0 Å². The molecule has 8 nitrogen and oxygen atoms in total.